The zero-order valence-corrected chi connectivity index (χ0v) is 26.7. The second-order valence-corrected chi connectivity index (χ2v) is 12.5. The highest BCUT2D eigenvalue weighted by Gasteiger charge is 2.41. The smallest absolute Gasteiger partial charge is 0.416 e. The van der Waals surface area contributed by atoms with Crippen LogP contribution in [-0.2, 0) is 26.9 Å². The Bertz CT molecular complexity index is 1740. The van der Waals surface area contributed by atoms with Gasteiger partial charge < -0.3 is 14.5 Å². The third-order valence-corrected chi connectivity index (χ3v) is 9.27. The second kappa shape index (κ2) is 14.1. The zero-order chi connectivity index (χ0) is 33.8. The first-order chi connectivity index (χ1) is 23.1. The molecule has 9 heteroatoms. The van der Waals surface area contributed by atoms with E-state index in [9.17, 15) is 27.6 Å². The molecule has 4 aromatic rings. The number of likely N-dealkylation sites (tertiary alicyclic amines) is 1. The van der Waals surface area contributed by atoms with E-state index in [1.807, 2.05) is 59.5 Å². The predicted molar refractivity (Wildman–Crippen MR) is 177 cm³/mol. The molecule has 1 saturated heterocycles. The Morgan fingerprint density at radius 2 is 1.35 bits per heavy atom. The highest BCUT2D eigenvalue weighted by Crippen LogP contribution is 2.35. The normalized spacial score (nSPS) is 16.8. The maximum absolute atomic E-state index is 14.3. The molecule has 0 bridgehead atoms. The van der Waals surface area contributed by atoms with E-state index in [-0.39, 0.29) is 30.8 Å². The molecule has 2 amide bonds. The van der Waals surface area contributed by atoms with E-state index < -0.39 is 29.7 Å². The molecule has 248 valence electrons. The van der Waals surface area contributed by atoms with Crippen LogP contribution in [0.1, 0.15) is 47.2 Å². The molecule has 48 heavy (non-hydrogen) atoms. The van der Waals surface area contributed by atoms with Gasteiger partial charge in [-0.25, -0.2) is 4.79 Å². The minimum absolute atomic E-state index is 0.0343. The van der Waals surface area contributed by atoms with Crippen molar-refractivity contribution >= 4 is 17.8 Å². The van der Waals surface area contributed by atoms with Crippen LogP contribution in [0.3, 0.4) is 0 Å². The second-order valence-electron chi connectivity index (χ2n) is 12.5. The van der Waals surface area contributed by atoms with Gasteiger partial charge >= 0.3 is 12.1 Å². The molecule has 4 aromatic carbocycles. The predicted octanol–water partition coefficient (Wildman–Crippen LogP) is 7.67. The number of hydrogen-bond acceptors (Lipinski definition) is 4. The van der Waals surface area contributed by atoms with E-state index in [0.29, 0.717) is 23.2 Å². The van der Waals surface area contributed by atoms with Crippen LogP contribution in [0.5, 0.6) is 0 Å². The number of nitrogens with zero attached hydrogens (tertiary/aromatic N) is 2. The van der Waals surface area contributed by atoms with Gasteiger partial charge in [-0.2, -0.15) is 13.2 Å². The van der Waals surface area contributed by atoms with Crippen LogP contribution in [0, 0.1) is 5.92 Å². The van der Waals surface area contributed by atoms with Crippen molar-refractivity contribution in [3.8, 4) is 22.3 Å². The molecule has 2 aliphatic rings. The fraction of sp³-hybridized carbons (Fsp3) is 0.308. The van der Waals surface area contributed by atoms with Gasteiger partial charge in [0.05, 0.1) is 12.7 Å². The maximum atomic E-state index is 14.3. The van der Waals surface area contributed by atoms with Crippen molar-refractivity contribution in [3.05, 3.63) is 120 Å². The molecular formula is C39H37F3N2O4. The number of rotatable bonds is 10. The Balaban J connectivity index is 1.29. The number of esters is 1. The lowest BCUT2D eigenvalue weighted by molar-refractivity contribution is -0.146. The number of hydrogen-bond donors (Lipinski definition) is 0. The van der Waals surface area contributed by atoms with Crippen molar-refractivity contribution in [2.75, 3.05) is 20.2 Å². The van der Waals surface area contributed by atoms with E-state index in [0.717, 1.165) is 54.5 Å². The molecular weight excluding hydrogens is 617 g/mol. The van der Waals surface area contributed by atoms with Gasteiger partial charge in [-0.3, -0.25) is 9.59 Å². The number of amides is 2. The molecule has 0 radical (unpaired) electrons. The Morgan fingerprint density at radius 3 is 1.92 bits per heavy atom. The SMILES string of the molecule is COC(=O)[C@H](Cc1ccc(-c2ccccc2)cc1)N(C[C@H]1CCCN1C(=O)C1CC1)C(=O)c1ccc(-c2ccc(C(F)(F)F)cc2)cc1. The highest BCUT2D eigenvalue weighted by molar-refractivity contribution is 5.97. The number of benzene rings is 4. The monoisotopic (exact) mass is 654 g/mol. The minimum atomic E-state index is -4.43. The average molecular weight is 655 g/mol. The molecule has 0 N–H and O–H groups in total. The molecule has 0 spiro atoms. The van der Waals surface area contributed by atoms with Crippen molar-refractivity contribution in [2.45, 2.75) is 50.4 Å². The zero-order valence-electron chi connectivity index (χ0n) is 26.7. The molecule has 0 aromatic heterocycles. The van der Waals surface area contributed by atoms with E-state index >= 15 is 0 Å². The largest absolute Gasteiger partial charge is 0.467 e. The van der Waals surface area contributed by atoms with Gasteiger partial charge in [0.15, 0.2) is 0 Å². The molecule has 1 aliphatic carbocycles. The molecule has 6 nitrogen and oxygen atoms in total. The summed E-state index contributed by atoms with van der Waals surface area (Å²) in [6, 6.07) is 28.0. The molecule has 1 heterocycles. The molecule has 1 saturated carbocycles. The lowest BCUT2D eigenvalue weighted by Gasteiger charge is -2.35. The topological polar surface area (TPSA) is 66.9 Å². The summed E-state index contributed by atoms with van der Waals surface area (Å²) in [5.74, 6) is -0.810. The Kier molecular flexibility index (Phi) is 9.66. The number of methoxy groups -OCH3 is 1. The minimum Gasteiger partial charge on any atom is -0.467 e. The van der Waals surface area contributed by atoms with Crippen LogP contribution >= 0.6 is 0 Å². The summed E-state index contributed by atoms with van der Waals surface area (Å²) in [6.45, 7) is 0.785. The van der Waals surface area contributed by atoms with Crippen molar-refractivity contribution in [3.63, 3.8) is 0 Å². The summed E-state index contributed by atoms with van der Waals surface area (Å²) in [5.41, 5.74) is 3.73. The van der Waals surface area contributed by atoms with Crippen molar-refractivity contribution in [2.24, 2.45) is 5.92 Å². The quantitative estimate of drug-likeness (QED) is 0.165. The molecule has 6 rings (SSSR count). The van der Waals surface area contributed by atoms with Gasteiger partial charge in [0, 0.05) is 37.0 Å². The van der Waals surface area contributed by atoms with E-state index in [1.54, 1.807) is 24.3 Å². The molecule has 0 unspecified atom stereocenters. The molecule has 2 fully saturated rings. The fourth-order valence-electron chi connectivity index (χ4n) is 6.43. The van der Waals surface area contributed by atoms with Gasteiger partial charge in [0.1, 0.15) is 6.04 Å². The summed E-state index contributed by atoms with van der Waals surface area (Å²) >= 11 is 0. The van der Waals surface area contributed by atoms with Gasteiger partial charge in [0.25, 0.3) is 5.91 Å². The van der Waals surface area contributed by atoms with Crippen LogP contribution in [-0.4, -0.2) is 59.9 Å². The van der Waals surface area contributed by atoms with Crippen LogP contribution in [0.2, 0.25) is 0 Å². The third-order valence-electron chi connectivity index (χ3n) is 9.27. The Labute approximate surface area is 278 Å². The summed E-state index contributed by atoms with van der Waals surface area (Å²) in [5, 5.41) is 0. The van der Waals surface area contributed by atoms with E-state index in [2.05, 4.69) is 0 Å². The number of halogens is 3. The highest BCUT2D eigenvalue weighted by atomic mass is 19.4. The van der Waals surface area contributed by atoms with Gasteiger partial charge in [-0.1, -0.05) is 78.9 Å². The number of carbonyl (C=O) groups excluding carboxylic acids is 3. The molecule has 2 atom stereocenters. The number of carbonyl (C=O) groups is 3. The van der Waals surface area contributed by atoms with E-state index in [4.69, 9.17) is 4.74 Å². The van der Waals surface area contributed by atoms with Crippen LogP contribution < -0.4 is 0 Å². The first-order valence-corrected chi connectivity index (χ1v) is 16.2. The Hall–Kier alpha value is -4.92. The number of ether oxygens (including phenoxy) is 1. The summed E-state index contributed by atoms with van der Waals surface area (Å²) < 4.78 is 44.5. The lowest BCUT2D eigenvalue weighted by atomic mass is 9.98. The fourth-order valence-corrected chi connectivity index (χ4v) is 6.43. The standard InChI is InChI=1S/C39H37F3N2O4/c1-48-38(47)35(24-26-9-11-28(12-10-26)27-6-3-2-4-7-27)44(25-34-8-5-23-43(34)36(45)31-17-18-31)37(46)32-15-13-29(14-16-32)30-19-21-33(22-20-30)39(40,41)42/h2-4,6-7,9-16,19-22,31,34-35H,5,8,17-18,23-25H2,1H3/t34-,35+/m1/s1. The van der Waals surface area contributed by atoms with Gasteiger partial charge in [-0.05, 0) is 77.8 Å². The van der Waals surface area contributed by atoms with Crippen LogP contribution in [0.4, 0.5) is 13.2 Å². The van der Waals surface area contributed by atoms with Crippen LogP contribution in [0.25, 0.3) is 22.3 Å². The summed E-state index contributed by atoms with van der Waals surface area (Å²) in [6.07, 6.45) is -0.942. The average Bonchev–Trinajstić information content (AvgIpc) is 3.87. The van der Waals surface area contributed by atoms with Crippen molar-refractivity contribution in [1.82, 2.24) is 9.80 Å². The van der Waals surface area contributed by atoms with Crippen molar-refractivity contribution in [1.29, 1.82) is 0 Å². The Morgan fingerprint density at radius 1 is 0.792 bits per heavy atom. The van der Waals surface area contributed by atoms with Crippen LogP contribution in [0.15, 0.2) is 103 Å². The summed E-state index contributed by atoms with van der Waals surface area (Å²) in [7, 11) is 1.30. The lowest BCUT2D eigenvalue weighted by Crippen LogP contribution is -2.53. The van der Waals surface area contributed by atoms with E-state index in [1.165, 1.54) is 24.1 Å². The van der Waals surface area contributed by atoms with Gasteiger partial charge in [-0.15, -0.1) is 0 Å². The first kappa shape index (κ1) is 33.0. The first-order valence-electron chi connectivity index (χ1n) is 16.2. The van der Waals surface area contributed by atoms with Gasteiger partial charge in [0.2, 0.25) is 5.91 Å². The summed E-state index contributed by atoms with van der Waals surface area (Å²) in [4.78, 5) is 44.3. The maximum Gasteiger partial charge on any atom is 0.416 e. The molecule has 1 aliphatic heterocycles. The number of alkyl halides is 3. The van der Waals surface area contributed by atoms with Crippen molar-refractivity contribution < 1.29 is 32.3 Å². The third kappa shape index (κ3) is 7.46.